The average molecular weight is 479 g/mol. The van der Waals surface area contributed by atoms with Crippen LogP contribution in [0.5, 0.6) is 0 Å². The van der Waals surface area contributed by atoms with Gasteiger partial charge >= 0.3 is 11.9 Å². The number of carboxylic acids is 2. The van der Waals surface area contributed by atoms with Crippen LogP contribution in [-0.4, -0.2) is 64.0 Å². The molecule has 1 rings (SSSR count). The van der Waals surface area contributed by atoms with E-state index < -0.39 is 60.2 Å². The standard InChI is InChI=1S/C23H34N4O7/c1-13(2)11-18(22(32)25-14(3)23(33)34)27-21(31)17(9-10-19(28)29)26-20(30)16(24)12-15-7-5-4-6-8-15/h4-8,13-14,16-18H,9-12,24H2,1-3H3,(H,25,32)(H,26,30)(H,27,31)(H,28,29)(H,33,34). The molecule has 11 nitrogen and oxygen atoms in total. The van der Waals surface area contributed by atoms with Crippen LogP contribution in [0.2, 0.25) is 0 Å². The second kappa shape index (κ2) is 13.9. The first-order valence-corrected chi connectivity index (χ1v) is 11.1. The van der Waals surface area contributed by atoms with Crippen LogP contribution in [0.3, 0.4) is 0 Å². The summed E-state index contributed by atoms with van der Waals surface area (Å²) >= 11 is 0. The predicted molar refractivity (Wildman–Crippen MR) is 124 cm³/mol. The highest BCUT2D eigenvalue weighted by Gasteiger charge is 2.30. The molecule has 0 saturated carbocycles. The van der Waals surface area contributed by atoms with E-state index in [1.165, 1.54) is 6.92 Å². The van der Waals surface area contributed by atoms with E-state index in [-0.39, 0.29) is 25.2 Å². The molecular weight excluding hydrogens is 444 g/mol. The Balaban J connectivity index is 2.93. The van der Waals surface area contributed by atoms with Crippen molar-refractivity contribution < 1.29 is 34.2 Å². The second-order valence-electron chi connectivity index (χ2n) is 8.55. The third-order valence-corrected chi connectivity index (χ3v) is 4.98. The van der Waals surface area contributed by atoms with Gasteiger partial charge in [-0.1, -0.05) is 44.2 Å². The molecule has 3 amide bonds. The number of hydrogen-bond donors (Lipinski definition) is 6. The lowest BCUT2D eigenvalue weighted by Crippen LogP contribution is -2.57. The van der Waals surface area contributed by atoms with Crippen LogP contribution in [0.15, 0.2) is 30.3 Å². The van der Waals surface area contributed by atoms with Gasteiger partial charge < -0.3 is 31.9 Å². The molecule has 188 valence electrons. The lowest BCUT2D eigenvalue weighted by atomic mass is 10.0. The van der Waals surface area contributed by atoms with Gasteiger partial charge in [-0.2, -0.15) is 0 Å². The van der Waals surface area contributed by atoms with Gasteiger partial charge in [0.1, 0.15) is 18.1 Å². The zero-order valence-electron chi connectivity index (χ0n) is 19.6. The second-order valence-corrected chi connectivity index (χ2v) is 8.55. The molecule has 0 aliphatic heterocycles. The molecule has 34 heavy (non-hydrogen) atoms. The number of benzene rings is 1. The minimum Gasteiger partial charge on any atom is -0.481 e. The summed E-state index contributed by atoms with van der Waals surface area (Å²) < 4.78 is 0. The van der Waals surface area contributed by atoms with E-state index in [1.54, 1.807) is 24.3 Å². The highest BCUT2D eigenvalue weighted by molar-refractivity contribution is 5.94. The van der Waals surface area contributed by atoms with Crippen LogP contribution in [0.25, 0.3) is 0 Å². The zero-order valence-corrected chi connectivity index (χ0v) is 19.6. The zero-order chi connectivity index (χ0) is 25.8. The molecule has 0 saturated heterocycles. The average Bonchev–Trinajstić information content (AvgIpc) is 2.75. The molecule has 1 aromatic rings. The first-order chi connectivity index (χ1) is 15.9. The predicted octanol–water partition coefficient (Wildman–Crippen LogP) is 0.0262. The van der Waals surface area contributed by atoms with Gasteiger partial charge in [-0.3, -0.25) is 24.0 Å². The fraction of sp³-hybridized carbons (Fsp3) is 0.522. The van der Waals surface area contributed by atoms with Gasteiger partial charge in [0.25, 0.3) is 0 Å². The molecule has 0 spiro atoms. The van der Waals surface area contributed by atoms with Crippen molar-refractivity contribution in [3.63, 3.8) is 0 Å². The molecule has 1 aromatic carbocycles. The summed E-state index contributed by atoms with van der Waals surface area (Å²) in [4.78, 5) is 60.2. The summed E-state index contributed by atoms with van der Waals surface area (Å²) in [6.07, 6.45) is -0.196. The molecule has 4 unspecified atom stereocenters. The van der Waals surface area contributed by atoms with Crippen LogP contribution in [0.1, 0.15) is 45.6 Å². The summed E-state index contributed by atoms with van der Waals surface area (Å²) in [6.45, 7) is 4.93. The Labute approximate surface area is 198 Å². The molecular formula is C23H34N4O7. The molecule has 11 heteroatoms. The third kappa shape index (κ3) is 10.4. The van der Waals surface area contributed by atoms with Gasteiger partial charge in [-0.25, -0.2) is 0 Å². The highest BCUT2D eigenvalue weighted by atomic mass is 16.4. The molecule has 0 heterocycles. The lowest BCUT2D eigenvalue weighted by molar-refractivity contribution is -0.142. The topological polar surface area (TPSA) is 188 Å². The minimum atomic E-state index is -1.25. The van der Waals surface area contributed by atoms with E-state index in [2.05, 4.69) is 16.0 Å². The highest BCUT2D eigenvalue weighted by Crippen LogP contribution is 2.08. The molecule has 4 atom stereocenters. The van der Waals surface area contributed by atoms with Crippen molar-refractivity contribution in [2.75, 3.05) is 0 Å². The van der Waals surface area contributed by atoms with Crippen molar-refractivity contribution in [2.45, 2.75) is 70.6 Å². The Morgan fingerprint density at radius 2 is 1.41 bits per heavy atom. The van der Waals surface area contributed by atoms with Crippen molar-refractivity contribution in [1.29, 1.82) is 0 Å². The number of carbonyl (C=O) groups excluding carboxylic acids is 3. The Bertz CT molecular complexity index is 860. The van der Waals surface area contributed by atoms with Crippen molar-refractivity contribution in [3.8, 4) is 0 Å². The summed E-state index contributed by atoms with van der Waals surface area (Å²) in [5.74, 6) is -4.51. The maximum atomic E-state index is 12.9. The van der Waals surface area contributed by atoms with Gasteiger partial charge in [-0.05, 0) is 37.7 Å². The van der Waals surface area contributed by atoms with Gasteiger partial charge in [0, 0.05) is 6.42 Å². The summed E-state index contributed by atoms with van der Waals surface area (Å²) in [5.41, 5.74) is 6.79. The summed E-state index contributed by atoms with van der Waals surface area (Å²) in [7, 11) is 0. The Kier molecular flexibility index (Phi) is 11.7. The van der Waals surface area contributed by atoms with Crippen LogP contribution >= 0.6 is 0 Å². The van der Waals surface area contributed by atoms with Crippen LogP contribution in [0, 0.1) is 5.92 Å². The van der Waals surface area contributed by atoms with E-state index in [1.807, 2.05) is 19.9 Å². The molecule has 0 radical (unpaired) electrons. The largest absolute Gasteiger partial charge is 0.481 e. The molecule has 0 aliphatic carbocycles. The summed E-state index contributed by atoms with van der Waals surface area (Å²) in [5, 5.41) is 25.4. The number of amides is 3. The van der Waals surface area contributed by atoms with E-state index in [9.17, 15) is 24.0 Å². The van der Waals surface area contributed by atoms with Crippen LogP contribution in [-0.2, 0) is 30.4 Å². The monoisotopic (exact) mass is 478 g/mol. The number of hydrogen-bond acceptors (Lipinski definition) is 6. The molecule has 0 bridgehead atoms. The van der Waals surface area contributed by atoms with Crippen molar-refractivity contribution in [1.82, 2.24) is 16.0 Å². The number of carbonyl (C=O) groups is 5. The maximum Gasteiger partial charge on any atom is 0.325 e. The normalized spacial score (nSPS) is 14.4. The fourth-order valence-electron chi connectivity index (χ4n) is 3.13. The Hall–Kier alpha value is -3.47. The number of carboxylic acid groups (broad SMARTS) is 2. The third-order valence-electron chi connectivity index (χ3n) is 4.98. The number of aliphatic carboxylic acids is 2. The summed E-state index contributed by atoms with van der Waals surface area (Å²) in [6, 6.07) is 4.56. The van der Waals surface area contributed by atoms with Crippen LogP contribution in [0.4, 0.5) is 0 Å². The minimum absolute atomic E-state index is 0.0254. The van der Waals surface area contributed by atoms with E-state index in [4.69, 9.17) is 15.9 Å². The first kappa shape index (κ1) is 28.6. The molecule has 0 fully saturated rings. The van der Waals surface area contributed by atoms with Crippen molar-refractivity contribution in [2.24, 2.45) is 11.7 Å². The Morgan fingerprint density at radius 1 is 0.853 bits per heavy atom. The van der Waals surface area contributed by atoms with Gasteiger partial charge in [0.15, 0.2) is 0 Å². The molecule has 7 N–H and O–H groups in total. The molecule has 0 aromatic heterocycles. The number of nitrogens with two attached hydrogens (primary N) is 1. The van der Waals surface area contributed by atoms with E-state index in [0.717, 1.165) is 5.56 Å². The van der Waals surface area contributed by atoms with Crippen LogP contribution < -0.4 is 21.7 Å². The quantitative estimate of drug-likeness (QED) is 0.216. The van der Waals surface area contributed by atoms with Gasteiger partial charge in [0.2, 0.25) is 17.7 Å². The fourth-order valence-corrected chi connectivity index (χ4v) is 3.13. The molecule has 0 aliphatic rings. The Morgan fingerprint density at radius 3 is 1.94 bits per heavy atom. The van der Waals surface area contributed by atoms with Crippen molar-refractivity contribution >= 4 is 29.7 Å². The van der Waals surface area contributed by atoms with Gasteiger partial charge in [0.05, 0.1) is 6.04 Å². The lowest BCUT2D eigenvalue weighted by Gasteiger charge is -2.25. The van der Waals surface area contributed by atoms with Crippen molar-refractivity contribution in [3.05, 3.63) is 35.9 Å². The van der Waals surface area contributed by atoms with Gasteiger partial charge in [-0.15, -0.1) is 0 Å². The number of rotatable bonds is 14. The smallest absolute Gasteiger partial charge is 0.325 e. The van der Waals surface area contributed by atoms with E-state index >= 15 is 0 Å². The maximum absolute atomic E-state index is 12.9. The van der Waals surface area contributed by atoms with E-state index in [0.29, 0.717) is 0 Å². The number of nitrogens with one attached hydrogen (secondary N) is 3. The SMILES string of the molecule is CC(C)CC(NC(=O)C(CCC(=O)O)NC(=O)C(N)Cc1ccccc1)C(=O)NC(C)C(=O)O. The first-order valence-electron chi connectivity index (χ1n) is 11.1.